The summed E-state index contributed by atoms with van der Waals surface area (Å²) in [7, 11) is 0. The van der Waals surface area contributed by atoms with Crippen molar-refractivity contribution in [1.29, 1.82) is 0 Å². The van der Waals surface area contributed by atoms with Crippen molar-refractivity contribution >= 4 is 0 Å². The lowest BCUT2D eigenvalue weighted by atomic mass is 9.95. The number of rotatable bonds is 14. The third-order valence-electron chi connectivity index (χ3n) is 7.82. The van der Waals surface area contributed by atoms with Crippen molar-refractivity contribution in [3.63, 3.8) is 0 Å². The van der Waals surface area contributed by atoms with Crippen LogP contribution >= 0.6 is 0 Å². The highest BCUT2D eigenvalue weighted by Gasteiger charge is 2.10. The molecule has 0 unspecified atom stereocenters. The monoisotopic (exact) mass is 520 g/mol. The fourth-order valence-electron chi connectivity index (χ4n) is 5.57. The van der Waals surface area contributed by atoms with Crippen molar-refractivity contribution in [2.24, 2.45) is 0 Å². The van der Waals surface area contributed by atoms with Gasteiger partial charge in [-0.15, -0.1) is 0 Å². The van der Waals surface area contributed by atoms with E-state index < -0.39 is 0 Å². The molecule has 0 saturated heterocycles. The summed E-state index contributed by atoms with van der Waals surface area (Å²) < 4.78 is 0. The molecule has 0 aromatic heterocycles. The van der Waals surface area contributed by atoms with E-state index >= 15 is 0 Å². The molecule has 0 aliphatic carbocycles. The van der Waals surface area contributed by atoms with Crippen LogP contribution in [0.25, 0.3) is 22.3 Å². The summed E-state index contributed by atoms with van der Waals surface area (Å²) in [5.41, 5.74) is 8.62. The van der Waals surface area contributed by atoms with E-state index in [1.807, 2.05) is 50.2 Å². The average Bonchev–Trinajstić information content (AvgIpc) is 2.96. The zero-order valence-corrected chi connectivity index (χ0v) is 23.8. The van der Waals surface area contributed by atoms with Crippen LogP contribution in [0.2, 0.25) is 0 Å². The first-order valence-electron chi connectivity index (χ1n) is 14.8. The predicted molar refractivity (Wildman–Crippen MR) is 166 cm³/mol. The first kappa shape index (κ1) is 28.5. The van der Waals surface area contributed by atoms with E-state index in [9.17, 15) is 10.2 Å². The summed E-state index contributed by atoms with van der Waals surface area (Å²) in [6, 6.07) is 29.0. The molecule has 0 aliphatic rings. The molecule has 204 valence electrons. The lowest BCUT2D eigenvalue weighted by Gasteiger charge is -2.11. The molecule has 0 aliphatic heterocycles. The second kappa shape index (κ2) is 14.6. The number of benzene rings is 4. The molecule has 2 N–H and O–H groups in total. The number of unbranched alkanes of at least 4 members (excludes halogenated alkanes) is 8. The fraction of sp³-hybridized carbons (Fsp3) is 0.351. The molecule has 4 aromatic rings. The van der Waals surface area contributed by atoms with Crippen LogP contribution in [0, 0.1) is 13.8 Å². The maximum Gasteiger partial charge on any atom is 0.126 e. The molecule has 39 heavy (non-hydrogen) atoms. The highest BCUT2D eigenvalue weighted by Crippen LogP contribution is 2.35. The minimum atomic E-state index is 0.403. The zero-order chi connectivity index (χ0) is 27.5. The summed E-state index contributed by atoms with van der Waals surface area (Å²) >= 11 is 0. The van der Waals surface area contributed by atoms with Gasteiger partial charge in [0.1, 0.15) is 11.5 Å². The summed E-state index contributed by atoms with van der Waals surface area (Å²) in [5, 5.41) is 21.1. The Kier molecular flexibility index (Phi) is 10.7. The van der Waals surface area contributed by atoms with E-state index in [2.05, 4.69) is 48.5 Å². The second-order valence-electron chi connectivity index (χ2n) is 11.0. The number of hydrogen-bond donors (Lipinski definition) is 2. The van der Waals surface area contributed by atoms with E-state index in [1.165, 1.54) is 68.9 Å². The lowest BCUT2D eigenvalue weighted by Crippen LogP contribution is -1.92. The summed E-state index contributed by atoms with van der Waals surface area (Å²) in [4.78, 5) is 0. The number of hydrogen-bond acceptors (Lipinski definition) is 2. The van der Waals surface area contributed by atoms with Crippen molar-refractivity contribution in [2.75, 3.05) is 0 Å². The topological polar surface area (TPSA) is 40.5 Å². The third kappa shape index (κ3) is 8.23. The van der Waals surface area contributed by atoms with Crippen molar-refractivity contribution in [3.8, 4) is 33.8 Å². The Morgan fingerprint density at radius 1 is 0.436 bits per heavy atom. The van der Waals surface area contributed by atoms with Gasteiger partial charge in [-0.2, -0.15) is 0 Å². The molecule has 4 rings (SSSR count). The Morgan fingerprint density at radius 3 is 1.13 bits per heavy atom. The lowest BCUT2D eigenvalue weighted by molar-refractivity contribution is 0.472. The molecular formula is C37H44O2. The Morgan fingerprint density at radius 2 is 0.769 bits per heavy atom. The summed E-state index contributed by atoms with van der Waals surface area (Å²) in [6.45, 7) is 4.00. The summed E-state index contributed by atoms with van der Waals surface area (Å²) in [6.07, 6.45) is 13.7. The van der Waals surface area contributed by atoms with Gasteiger partial charge in [-0.05, 0) is 85.0 Å². The van der Waals surface area contributed by atoms with Crippen LogP contribution in [0.4, 0.5) is 0 Å². The minimum absolute atomic E-state index is 0.403. The van der Waals surface area contributed by atoms with Crippen LogP contribution in [0.3, 0.4) is 0 Å². The molecule has 0 bridgehead atoms. The largest absolute Gasteiger partial charge is 0.507 e. The maximum atomic E-state index is 10.5. The van der Waals surface area contributed by atoms with Gasteiger partial charge < -0.3 is 10.2 Å². The van der Waals surface area contributed by atoms with Gasteiger partial charge >= 0.3 is 0 Å². The summed E-state index contributed by atoms with van der Waals surface area (Å²) in [5.74, 6) is 0.806. The van der Waals surface area contributed by atoms with Crippen LogP contribution < -0.4 is 0 Å². The maximum absolute atomic E-state index is 10.5. The van der Waals surface area contributed by atoms with Crippen LogP contribution in [-0.4, -0.2) is 10.2 Å². The molecule has 0 fully saturated rings. The third-order valence-corrected chi connectivity index (χ3v) is 7.82. The van der Waals surface area contributed by atoms with Crippen molar-refractivity contribution in [1.82, 2.24) is 0 Å². The highest BCUT2D eigenvalue weighted by atomic mass is 16.3. The van der Waals surface area contributed by atoms with Gasteiger partial charge in [0.25, 0.3) is 0 Å². The molecule has 0 radical (unpaired) electrons. The van der Waals surface area contributed by atoms with Gasteiger partial charge in [0, 0.05) is 11.1 Å². The number of phenols is 2. The van der Waals surface area contributed by atoms with Gasteiger partial charge in [-0.3, -0.25) is 0 Å². The van der Waals surface area contributed by atoms with Crippen LogP contribution in [0.1, 0.15) is 80.0 Å². The standard InChI is InChI=1S/C37H44O2/c1-28-24-30(26-34(36(28)38)32-20-14-10-15-21-32)18-12-8-6-4-3-5-7-9-13-19-31-25-29(2)37(39)35(27-31)33-22-16-11-17-23-33/h10-11,14-17,20-27,38-39H,3-9,12-13,18-19H2,1-2H3. The van der Waals surface area contributed by atoms with E-state index in [1.54, 1.807) is 0 Å². The molecule has 2 heteroatoms. The second-order valence-corrected chi connectivity index (χ2v) is 11.0. The number of phenolic OH excluding ortho intramolecular Hbond substituents is 2. The number of aromatic hydroxyl groups is 2. The fourth-order valence-corrected chi connectivity index (χ4v) is 5.57. The first-order valence-corrected chi connectivity index (χ1v) is 14.8. The van der Waals surface area contributed by atoms with Crippen LogP contribution in [-0.2, 0) is 12.8 Å². The van der Waals surface area contributed by atoms with E-state index in [0.29, 0.717) is 11.5 Å². The molecule has 0 saturated carbocycles. The number of aryl methyl sites for hydroxylation is 4. The SMILES string of the molecule is Cc1cc(CCCCCCCCCCCc2cc(C)c(O)c(-c3ccccc3)c2)cc(-c2ccccc2)c1O. The van der Waals surface area contributed by atoms with E-state index in [4.69, 9.17) is 0 Å². The molecule has 4 aromatic carbocycles. The smallest absolute Gasteiger partial charge is 0.126 e. The van der Waals surface area contributed by atoms with Crippen molar-refractivity contribution in [2.45, 2.75) is 84.5 Å². The minimum Gasteiger partial charge on any atom is -0.507 e. The van der Waals surface area contributed by atoms with Crippen molar-refractivity contribution < 1.29 is 10.2 Å². The Labute approximate surface area is 235 Å². The molecule has 0 spiro atoms. The van der Waals surface area contributed by atoms with Gasteiger partial charge in [-0.25, -0.2) is 0 Å². The molecule has 0 amide bonds. The normalized spacial score (nSPS) is 11.1. The molecular weight excluding hydrogens is 476 g/mol. The van der Waals surface area contributed by atoms with Crippen LogP contribution in [0.5, 0.6) is 11.5 Å². The van der Waals surface area contributed by atoms with Gasteiger partial charge in [0.05, 0.1) is 0 Å². The van der Waals surface area contributed by atoms with E-state index in [0.717, 1.165) is 46.2 Å². The Bertz CT molecular complexity index is 1210. The van der Waals surface area contributed by atoms with E-state index in [-0.39, 0.29) is 0 Å². The molecule has 2 nitrogen and oxygen atoms in total. The predicted octanol–water partition coefficient (Wildman–Crippen LogP) is 10.3. The quantitative estimate of drug-likeness (QED) is 0.162. The highest BCUT2D eigenvalue weighted by molar-refractivity contribution is 5.73. The van der Waals surface area contributed by atoms with Gasteiger partial charge in [-0.1, -0.05) is 118 Å². The van der Waals surface area contributed by atoms with Crippen molar-refractivity contribution in [3.05, 3.63) is 107 Å². The molecule has 0 atom stereocenters. The van der Waals surface area contributed by atoms with Crippen LogP contribution in [0.15, 0.2) is 84.9 Å². The van der Waals surface area contributed by atoms with Gasteiger partial charge in [0.15, 0.2) is 0 Å². The first-order chi connectivity index (χ1) is 19.0. The Balaban J connectivity index is 1.10. The Hall–Kier alpha value is -3.52. The van der Waals surface area contributed by atoms with Gasteiger partial charge in [0.2, 0.25) is 0 Å². The zero-order valence-electron chi connectivity index (χ0n) is 23.8. The average molecular weight is 521 g/mol. The molecule has 0 heterocycles.